The topological polar surface area (TPSA) is 75.4 Å². The van der Waals surface area contributed by atoms with Crippen LogP contribution in [0.2, 0.25) is 0 Å². The van der Waals surface area contributed by atoms with E-state index in [1.54, 1.807) is 6.07 Å². The van der Waals surface area contributed by atoms with Gasteiger partial charge in [-0.2, -0.15) is 0 Å². The molecule has 2 atom stereocenters. The molecule has 0 bridgehead atoms. The van der Waals surface area contributed by atoms with Crippen LogP contribution in [0.25, 0.3) is 22.4 Å². The monoisotopic (exact) mass is 535 g/mol. The molecule has 7 rings (SSSR count). The van der Waals surface area contributed by atoms with Crippen molar-refractivity contribution in [1.29, 1.82) is 0 Å². The molecule has 40 heavy (non-hydrogen) atoms. The van der Waals surface area contributed by atoms with Gasteiger partial charge in [0.15, 0.2) is 0 Å². The second-order valence-electron chi connectivity index (χ2n) is 11.4. The molecule has 1 N–H and O–H groups in total. The van der Waals surface area contributed by atoms with Crippen molar-refractivity contribution in [2.24, 2.45) is 7.05 Å². The van der Waals surface area contributed by atoms with Crippen LogP contribution in [0, 0.1) is 5.82 Å². The molecule has 2 saturated carbocycles. The number of hydrogen-bond donors (Lipinski definition) is 1. The number of amides is 1. The van der Waals surface area contributed by atoms with Crippen LogP contribution in [-0.2, 0) is 18.3 Å². The number of halogens is 1. The summed E-state index contributed by atoms with van der Waals surface area (Å²) in [7, 11) is 1.87. The van der Waals surface area contributed by atoms with Crippen LogP contribution in [0.1, 0.15) is 76.7 Å². The smallest absolute Gasteiger partial charge is 0.328 e. The summed E-state index contributed by atoms with van der Waals surface area (Å²) in [5.41, 5.74) is 7.83. The van der Waals surface area contributed by atoms with Crippen LogP contribution in [0.5, 0.6) is 0 Å². The van der Waals surface area contributed by atoms with Crippen molar-refractivity contribution in [2.75, 3.05) is 6.54 Å². The second kappa shape index (κ2) is 9.15. The van der Waals surface area contributed by atoms with Gasteiger partial charge in [-0.3, -0.25) is 4.79 Å². The van der Waals surface area contributed by atoms with Crippen molar-refractivity contribution in [1.82, 2.24) is 14.5 Å². The number of imidazole rings is 1. The van der Waals surface area contributed by atoms with Crippen LogP contribution >= 0.6 is 0 Å². The molecule has 0 radical (unpaired) electrons. The number of hydrogen-bond acceptors (Lipinski definition) is 3. The summed E-state index contributed by atoms with van der Waals surface area (Å²) in [6.07, 6.45) is 4.80. The third-order valence-corrected chi connectivity index (χ3v) is 8.81. The number of carboxylic acids is 1. The van der Waals surface area contributed by atoms with Gasteiger partial charge in [-0.25, -0.2) is 14.2 Å². The Bertz CT molecular complexity index is 1750. The number of nitrogens with zero attached hydrogens (tertiary/aromatic N) is 3. The van der Waals surface area contributed by atoms with E-state index in [1.807, 2.05) is 40.8 Å². The van der Waals surface area contributed by atoms with Gasteiger partial charge in [0.1, 0.15) is 11.6 Å². The normalized spacial score (nSPS) is 21.1. The van der Waals surface area contributed by atoms with Crippen LogP contribution < -0.4 is 0 Å². The van der Waals surface area contributed by atoms with Gasteiger partial charge >= 0.3 is 5.97 Å². The number of fused-ring (bicyclic) bond motifs is 2. The highest BCUT2D eigenvalue weighted by Crippen LogP contribution is 2.48. The largest absolute Gasteiger partial charge is 0.478 e. The van der Waals surface area contributed by atoms with Crippen molar-refractivity contribution in [3.05, 3.63) is 99.9 Å². The molecule has 0 spiro atoms. The lowest BCUT2D eigenvalue weighted by atomic mass is 9.92. The Morgan fingerprint density at radius 1 is 1.07 bits per heavy atom. The maximum Gasteiger partial charge on any atom is 0.328 e. The zero-order valence-electron chi connectivity index (χ0n) is 22.5. The van der Waals surface area contributed by atoms with Gasteiger partial charge in [0.2, 0.25) is 0 Å². The van der Waals surface area contributed by atoms with Crippen molar-refractivity contribution in [2.45, 2.75) is 50.5 Å². The minimum Gasteiger partial charge on any atom is -0.478 e. The molecule has 2 heterocycles. The lowest BCUT2D eigenvalue weighted by Crippen LogP contribution is -2.38. The van der Waals surface area contributed by atoms with Gasteiger partial charge in [0, 0.05) is 31.1 Å². The average molecular weight is 536 g/mol. The van der Waals surface area contributed by atoms with Gasteiger partial charge in [-0.1, -0.05) is 35.9 Å². The molecule has 6 nitrogen and oxygen atoms in total. The molecule has 1 amide bonds. The minimum absolute atomic E-state index is 0.00967. The zero-order valence-corrected chi connectivity index (χ0v) is 22.5. The van der Waals surface area contributed by atoms with Crippen molar-refractivity contribution < 1.29 is 19.1 Å². The SMILES string of the molecule is C[C@@H]1c2ccccc2CCN1C(=O)c1cc(C2CC2)c2nc(-c3ccc(C4C/C4=C/C(=O)O)cc3F)n(C)c2c1. The van der Waals surface area contributed by atoms with E-state index < -0.39 is 5.97 Å². The number of carbonyl (C=O) groups excluding carboxylic acids is 1. The van der Waals surface area contributed by atoms with Crippen LogP contribution in [0.4, 0.5) is 4.39 Å². The first-order valence-electron chi connectivity index (χ1n) is 13.9. The predicted octanol–water partition coefficient (Wildman–Crippen LogP) is 6.51. The Morgan fingerprint density at radius 2 is 1.88 bits per heavy atom. The maximum atomic E-state index is 15.5. The Labute approximate surface area is 231 Å². The van der Waals surface area contributed by atoms with E-state index >= 15 is 4.39 Å². The van der Waals surface area contributed by atoms with Crippen molar-refractivity contribution in [3.63, 3.8) is 0 Å². The van der Waals surface area contributed by atoms with E-state index in [4.69, 9.17) is 10.1 Å². The first-order chi connectivity index (χ1) is 19.3. The number of carboxylic acid groups (broad SMARTS) is 1. The molecule has 202 valence electrons. The molecular weight excluding hydrogens is 505 g/mol. The van der Waals surface area contributed by atoms with Crippen LogP contribution in [0.3, 0.4) is 0 Å². The van der Waals surface area contributed by atoms with Gasteiger partial charge < -0.3 is 14.6 Å². The summed E-state index contributed by atoms with van der Waals surface area (Å²) in [4.78, 5) is 31.7. The number of allylic oxidation sites excluding steroid dienone is 1. The molecule has 1 unspecified atom stereocenters. The number of benzene rings is 3. The first-order valence-corrected chi connectivity index (χ1v) is 13.9. The van der Waals surface area contributed by atoms with E-state index in [-0.39, 0.29) is 23.7 Å². The summed E-state index contributed by atoms with van der Waals surface area (Å²) < 4.78 is 17.3. The lowest BCUT2D eigenvalue weighted by Gasteiger charge is -2.35. The fourth-order valence-electron chi connectivity index (χ4n) is 6.35. The van der Waals surface area contributed by atoms with Crippen LogP contribution in [0.15, 0.2) is 66.2 Å². The Kier molecular flexibility index (Phi) is 5.66. The molecule has 1 aliphatic heterocycles. The minimum atomic E-state index is -0.974. The Hall–Kier alpha value is -4.26. The van der Waals surface area contributed by atoms with Gasteiger partial charge in [0.05, 0.1) is 22.6 Å². The summed E-state index contributed by atoms with van der Waals surface area (Å²) in [6, 6.07) is 17.3. The summed E-state index contributed by atoms with van der Waals surface area (Å²) in [5, 5.41) is 9.00. The third-order valence-electron chi connectivity index (χ3n) is 8.81. The molecule has 3 aliphatic rings. The third kappa shape index (κ3) is 4.12. The average Bonchev–Trinajstić information content (AvgIpc) is 3.87. The van der Waals surface area contributed by atoms with Crippen LogP contribution in [-0.4, -0.2) is 38.0 Å². The van der Waals surface area contributed by atoms with E-state index in [9.17, 15) is 9.59 Å². The van der Waals surface area contributed by atoms with Gasteiger partial charge in [0.25, 0.3) is 5.91 Å². The fourth-order valence-corrected chi connectivity index (χ4v) is 6.35. The number of aliphatic carboxylic acids is 1. The molecule has 1 aromatic heterocycles. The highest BCUT2D eigenvalue weighted by atomic mass is 19.1. The molecule has 2 aliphatic carbocycles. The maximum absolute atomic E-state index is 15.5. The predicted molar refractivity (Wildman–Crippen MR) is 151 cm³/mol. The first kappa shape index (κ1) is 24.8. The van der Waals surface area contributed by atoms with E-state index in [1.165, 1.54) is 23.3 Å². The highest BCUT2D eigenvalue weighted by molar-refractivity contribution is 5.99. The molecule has 4 aromatic rings. The molecule has 3 aromatic carbocycles. The van der Waals surface area contributed by atoms with Gasteiger partial charge in [-0.15, -0.1) is 0 Å². The lowest BCUT2D eigenvalue weighted by molar-refractivity contribution is -0.131. The van der Waals surface area contributed by atoms with Gasteiger partial charge in [-0.05, 0) is 85.0 Å². The van der Waals surface area contributed by atoms with Crippen molar-refractivity contribution >= 4 is 22.9 Å². The molecule has 0 saturated heterocycles. The number of aryl methyl sites for hydroxylation is 1. The van der Waals surface area contributed by atoms with E-state index in [0.29, 0.717) is 35.8 Å². The Morgan fingerprint density at radius 3 is 2.62 bits per heavy atom. The zero-order chi connectivity index (χ0) is 27.7. The Balaban J connectivity index is 1.26. The molecule has 7 heteroatoms. The highest BCUT2D eigenvalue weighted by Gasteiger charge is 2.34. The molecule has 2 fully saturated rings. The molecular formula is C33H30FN3O3. The van der Waals surface area contributed by atoms with E-state index in [2.05, 4.69) is 25.1 Å². The van der Waals surface area contributed by atoms with E-state index in [0.717, 1.165) is 47.0 Å². The number of rotatable bonds is 5. The summed E-state index contributed by atoms with van der Waals surface area (Å²) in [5.74, 6) is -0.513. The fraction of sp³-hybridized carbons (Fsp3) is 0.303. The standard InChI is InChI=1S/C33H30FN3O3/c1-18-24-6-4-3-5-19(24)11-12-37(18)33(40)23-14-27(20-7-8-20)31-29(16-23)36(2)32(35-31)25-10-9-21(15-28(25)34)26-13-22(26)17-30(38)39/h3-6,9-10,14-18,20,26H,7-8,11-13H2,1-2H3,(H,38,39)/b22-17-/t18-,26?/m1/s1. The second-order valence-corrected chi connectivity index (χ2v) is 11.4. The number of aromatic nitrogens is 2. The number of carbonyl (C=O) groups is 2. The summed E-state index contributed by atoms with van der Waals surface area (Å²) in [6.45, 7) is 2.76. The summed E-state index contributed by atoms with van der Waals surface area (Å²) >= 11 is 0. The van der Waals surface area contributed by atoms with Crippen molar-refractivity contribution in [3.8, 4) is 11.4 Å². The quantitative estimate of drug-likeness (QED) is 0.296.